The van der Waals surface area contributed by atoms with Crippen LogP contribution in [0.15, 0.2) is 54.6 Å². The fourth-order valence-electron chi connectivity index (χ4n) is 2.00. The number of para-hydroxylation sites is 1. The lowest BCUT2D eigenvalue weighted by molar-refractivity contribution is -0.118. The summed E-state index contributed by atoms with van der Waals surface area (Å²) < 4.78 is 5.40. The van der Waals surface area contributed by atoms with E-state index in [0.717, 1.165) is 12.1 Å². The molecule has 0 atom stereocenters. The molecule has 0 heterocycles. The SMILES string of the molecule is CCCCc1ccc(NC(=O)COc2ccccc2)cc1. The lowest BCUT2D eigenvalue weighted by atomic mass is 10.1. The van der Waals surface area contributed by atoms with Crippen molar-refractivity contribution in [3.8, 4) is 5.75 Å². The van der Waals surface area contributed by atoms with E-state index in [2.05, 4.69) is 24.4 Å². The normalized spacial score (nSPS) is 10.1. The fourth-order valence-corrected chi connectivity index (χ4v) is 2.00. The van der Waals surface area contributed by atoms with Crippen LogP contribution in [0.3, 0.4) is 0 Å². The fraction of sp³-hybridized carbons (Fsp3) is 0.278. The predicted octanol–water partition coefficient (Wildman–Crippen LogP) is 4.05. The first-order valence-corrected chi connectivity index (χ1v) is 7.34. The van der Waals surface area contributed by atoms with Gasteiger partial charge in [0.25, 0.3) is 5.91 Å². The van der Waals surface area contributed by atoms with Gasteiger partial charge in [-0.05, 0) is 42.7 Å². The van der Waals surface area contributed by atoms with Crippen molar-refractivity contribution in [2.24, 2.45) is 0 Å². The second-order valence-corrected chi connectivity index (χ2v) is 4.95. The molecule has 2 aromatic rings. The van der Waals surface area contributed by atoms with E-state index >= 15 is 0 Å². The minimum Gasteiger partial charge on any atom is -0.484 e. The molecule has 0 saturated carbocycles. The van der Waals surface area contributed by atoms with Crippen molar-refractivity contribution < 1.29 is 9.53 Å². The Bertz CT molecular complexity index is 549. The zero-order valence-corrected chi connectivity index (χ0v) is 12.3. The van der Waals surface area contributed by atoms with Crippen LogP contribution >= 0.6 is 0 Å². The van der Waals surface area contributed by atoms with Gasteiger partial charge >= 0.3 is 0 Å². The highest BCUT2D eigenvalue weighted by Crippen LogP contribution is 2.12. The van der Waals surface area contributed by atoms with Crippen LogP contribution in [-0.4, -0.2) is 12.5 Å². The molecule has 0 radical (unpaired) electrons. The van der Waals surface area contributed by atoms with Crippen molar-refractivity contribution in [3.63, 3.8) is 0 Å². The summed E-state index contributed by atoms with van der Waals surface area (Å²) in [5, 5.41) is 2.83. The second-order valence-electron chi connectivity index (χ2n) is 4.95. The van der Waals surface area contributed by atoms with Gasteiger partial charge in [0.05, 0.1) is 0 Å². The number of anilines is 1. The smallest absolute Gasteiger partial charge is 0.262 e. The Morgan fingerprint density at radius 1 is 1.05 bits per heavy atom. The van der Waals surface area contributed by atoms with Crippen molar-refractivity contribution in [1.82, 2.24) is 0 Å². The Morgan fingerprint density at radius 2 is 1.76 bits per heavy atom. The van der Waals surface area contributed by atoms with E-state index < -0.39 is 0 Å². The van der Waals surface area contributed by atoms with Crippen molar-refractivity contribution in [1.29, 1.82) is 0 Å². The van der Waals surface area contributed by atoms with E-state index in [-0.39, 0.29) is 12.5 Å². The van der Waals surface area contributed by atoms with Crippen molar-refractivity contribution in [3.05, 3.63) is 60.2 Å². The Balaban J connectivity index is 1.79. The molecule has 1 N–H and O–H groups in total. The number of hydrogen-bond donors (Lipinski definition) is 1. The number of hydrogen-bond acceptors (Lipinski definition) is 2. The molecule has 1 amide bonds. The Kier molecular flexibility index (Phi) is 5.83. The zero-order chi connectivity index (χ0) is 14.9. The third-order valence-corrected chi connectivity index (χ3v) is 3.17. The van der Waals surface area contributed by atoms with Gasteiger partial charge in [-0.15, -0.1) is 0 Å². The molecule has 0 unspecified atom stereocenters. The first-order valence-electron chi connectivity index (χ1n) is 7.34. The molecule has 0 fully saturated rings. The average molecular weight is 283 g/mol. The minimum atomic E-state index is -0.153. The number of nitrogens with one attached hydrogen (secondary N) is 1. The summed E-state index contributed by atoms with van der Waals surface area (Å²) in [6, 6.07) is 17.3. The topological polar surface area (TPSA) is 38.3 Å². The van der Waals surface area contributed by atoms with Crippen LogP contribution in [0.1, 0.15) is 25.3 Å². The quantitative estimate of drug-likeness (QED) is 0.832. The number of carbonyl (C=O) groups is 1. The molecule has 0 spiro atoms. The molecule has 110 valence electrons. The van der Waals surface area contributed by atoms with Crippen LogP contribution < -0.4 is 10.1 Å². The molecule has 0 aliphatic heterocycles. The summed E-state index contributed by atoms with van der Waals surface area (Å²) in [6.07, 6.45) is 3.47. The molecule has 3 heteroatoms. The number of amides is 1. The molecular weight excluding hydrogens is 262 g/mol. The number of rotatable bonds is 7. The summed E-state index contributed by atoms with van der Waals surface area (Å²) >= 11 is 0. The van der Waals surface area contributed by atoms with Gasteiger partial charge in [-0.2, -0.15) is 0 Å². The van der Waals surface area contributed by atoms with Gasteiger partial charge in [0.1, 0.15) is 5.75 Å². The molecule has 3 nitrogen and oxygen atoms in total. The third kappa shape index (κ3) is 5.30. The largest absolute Gasteiger partial charge is 0.484 e. The zero-order valence-electron chi connectivity index (χ0n) is 12.3. The van der Waals surface area contributed by atoms with Crippen LogP contribution in [0, 0.1) is 0 Å². The summed E-state index contributed by atoms with van der Waals surface area (Å²) in [6.45, 7) is 2.20. The maximum absolute atomic E-state index is 11.8. The highest BCUT2D eigenvalue weighted by molar-refractivity contribution is 5.91. The molecular formula is C18H21NO2. The van der Waals surface area contributed by atoms with Crippen LogP contribution in [0.4, 0.5) is 5.69 Å². The van der Waals surface area contributed by atoms with Gasteiger partial charge in [-0.1, -0.05) is 43.7 Å². The molecule has 0 aromatic heterocycles. The predicted molar refractivity (Wildman–Crippen MR) is 85.6 cm³/mol. The molecule has 0 aliphatic rings. The monoisotopic (exact) mass is 283 g/mol. The van der Waals surface area contributed by atoms with Gasteiger partial charge in [-0.3, -0.25) is 4.79 Å². The number of unbranched alkanes of at least 4 members (excludes halogenated alkanes) is 1. The first-order chi connectivity index (χ1) is 10.3. The Morgan fingerprint density at radius 3 is 2.43 bits per heavy atom. The third-order valence-electron chi connectivity index (χ3n) is 3.17. The van der Waals surface area contributed by atoms with Crippen LogP contribution in [-0.2, 0) is 11.2 Å². The lowest BCUT2D eigenvalue weighted by Crippen LogP contribution is -2.20. The van der Waals surface area contributed by atoms with Gasteiger partial charge in [0.15, 0.2) is 6.61 Å². The van der Waals surface area contributed by atoms with Gasteiger partial charge in [0, 0.05) is 5.69 Å². The summed E-state index contributed by atoms with van der Waals surface area (Å²) in [5.74, 6) is 0.544. The standard InChI is InChI=1S/C18H21NO2/c1-2-3-7-15-10-12-16(13-11-15)19-18(20)14-21-17-8-5-4-6-9-17/h4-6,8-13H,2-3,7,14H2,1H3,(H,19,20). The van der Waals surface area contributed by atoms with Gasteiger partial charge < -0.3 is 10.1 Å². The number of benzene rings is 2. The van der Waals surface area contributed by atoms with Crippen molar-refractivity contribution >= 4 is 11.6 Å². The minimum absolute atomic E-state index is 0.0155. The van der Waals surface area contributed by atoms with E-state index in [1.807, 2.05) is 42.5 Å². The Labute approximate surface area is 126 Å². The summed E-state index contributed by atoms with van der Waals surface area (Å²) in [7, 11) is 0. The maximum Gasteiger partial charge on any atom is 0.262 e. The number of carbonyl (C=O) groups excluding carboxylic acids is 1. The average Bonchev–Trinajstić information content (AvgIpc) is 2.53. The first kappa shape index (κ1) is 15.1. The van der Waals surface area contributed by atoms with Crippen LogP contribution in [0.5, 0.6) is 5.75 Å². The van der Waals surface area contributed by atoms with E-state index in [0.29, 0.717) is 5.75 Å². The summed E-state index contributed by atoms with van der Waals surface area (Å²) in [5.41, 5.74) is 2.10. The van der Waals surface area contributed by atoms with Gasteiger partial charge in [0.2, 0.25) is 0 Å². The number of ether oxygens (including phenoxy) is 1. The highest BCUT2D eigenvalue weighted by Gasteiger charge is 2.03. The van der Waals surface area contributed by atoms with E-state index in [9.17, 15) is 4.79 Å². The van der Waals surface area contributed by atoms with Crippen molar-refractivity contribution in [2.75, 3.05) is 11.9 Å². The lowest BCUT2D eigenvalue weighted by Gasteiger charge is -2.08. The molecule has 21 heavy (non-hydrogen) atoms. The van der Waals surface area contributed by atoms with Crippen LogP contribution in [0.2, 0.25) is 0 Å². The number of aryl methyl sites for hydroxylation is 1. The van der Waals surface area contributed by atoms with Crippen molar-refractivity contribution in [2.45, 2.75) is 26.2 Å². The highest BCUT2D eigenvalue weighted by atomic mass is 16.5. The molecule has 0 saturated heterocycles. The van der Waals surface area contributed by atoms with E-state index in [1.165, 1.54) is 18.4 Å². The maximum atomic E-state index is 11.8. The molecule has 2 aromatic carbocycles. The molecule has 2 rings (SSSR count). The van der Waals surface area contributed by atoms with E-state index in [1.54, 1.807) is 0 Å². The molecule has 0 bridgehead atoms. The second kappa shape index (κ2) is 8.10. The summed E-state index contributed by atoms with van der Waals surface area (Å²) in [4.78, 5) is 11.8. The van der Waals surface area contributed by atoms with Gasteiger partial charge in [-0.25, -0.2) is 0 Å². The van der Waals surface area contributed by atoms with E-state index in [4.69, 9.17) is 4.74 Å². The molecule has 0 aliphatic carbocycles. The van der Waals surface area contributed by atoms with Crippen LogP contribution in [0.25, 0.3) is 0 Å². The Hall–Kier alpha value is -2.29.